The number of anilines is 1. The fraction of sp³-hybridized carbons (Fsp3) is 0.625. The van der Waals surface area contributed by atoms with Gasteiger partial charge in [-0.1, -0.05) is 17.7 Å². The van der Waals surface area contributed by atoms with Gasteiger partial charge in [-0.15, -0.1) is 0 Å². The summed E-state index contributed by atoms with van der Waals surface area (Å²) in [4.78, 5) is 18.4. The number of aromatic nitrogens is 1. The van der Waals surface area contributed by atoms with E-state index in [1.54, 1.807) is 6.07 Å². The van der Waals surface area contributed by atoms with Crippen LogP contribution in [0, 0.1) is 0 Å². The number of likely N-dealkylation sites (tertiary alicyclic amines) is 1. The number of rotatable bonds is 3. The molecule has 0 saturated carbocycles. The van der Waals surface area contributed by atoms with Crippen molar-refractivity contribution < 1.29 is 9.53 Å². The van der Waals surface area contributed by atoms with Crippen LogP contribution in [0.1, 0.15) is 40.0 Å². The Kier molecular flexibility index (Phi) is 5.51. The predicted octanol–water partition coefficient (Wildman–Crippen LogP) is 3.94. The van der Waals surface area contributed by atoms with Gasteiger partial charge in [-0.05, 0) is 52.2 Å². The van der Waals surface area contributed by atoms with Crippen molar-refractivity contribution in [3.8, 4) is 0 Å². The summed E-state index contributed by atoms with van der Waals surface area (Å²) in [7, 11) is 0. The van der Waals surface area contributed by atoms with Crippen LogP contribution in [0.4, 0.5) is 10.6 Å². The van der Waals surface area contributed by atoms with E-state index < -0.39 is 5.60 Å². The molecule has 2 heterocycles. The molecule has 1 aliphatic rings. The quantitative estimate of drug-likeness (QED) is 0.855. The van der Waals surface area contributed by atoms with E-state index in [1.165, 1.54) is 0 Å². The van der Waals surface area contributed by atoms with Gasteiger partial charge in [-0.3, -0.25) is 0 Å². The van der Waals surface area contributed by atoms with Gasteiger partial charge in [-0.25, -0.2) is 9.78 Å². The highest BCUT2D eigenvalue weighted by atomic mass is 35.5. The van der Waals surface area contributed by atoms with Crippen LogP contribution in [0.15, 0.2) is 18.2 Å². The van der Waals surface area contributed by atoms with Crippen molar-refractivity contribution in [2.45, 2.75) is 51.7 Å². The first-order valence-corrected chi connectivity index (χ1v) is 8.09. The topological polar surface area (TPSA) is 54.5 Å². The summed E-state index contributed by atoms with van der Waals surface area (Å²) in [5, 5.41) is 3.71. The van der Waals surface area contributed by atoms with Crippen molar-refractivity contribution in [3.05, 3.63) is 23.4 Å². The molecule has 0 aliphatic carbocycles. The molecule has 0 aromatic carbocycles. The van der Waals surface area contributed by atoms with Crippen LogP contribution in [0.2, 0.25) is 5.15 Å². The summed E-state index contributed by atoms with van der Waals surface area (Å²) in [6.45, 7) is 7.05. The standard InChI is InChI=1S/C16H24ClN3O2/c1-16(2,3)22-15(21)20-10-5-4-7-12(20)11-18-14-9-6-8-13(17)19-14/h6,8-9,12H,4-5,7,10-11H2,1-3H3,(H,18,19). The van der Waals surface area contributed by atoms with Crippen LogP contribution in [0.5, 0.6) is 0 Å². The molecule has 0 radical (unpaired) electrons. The van der Waals surface area contributed by atoms with Crippen LogP contribution in [-0.2, 0) is 4.74 Å². The molecule has 1 aromatic heterocycles. The van der Waals surface area contributed by atoms with Crippen LogP contribution in [-0.4, -0.2) is 40.7 Å². The molecule has 22 heavy (non-hydrogen) atoms. The number of carbonyl (C=O) groups excluding carboxylic acids is 1. The maximum absolute atomic E-state index is 12.3. The van der Waals surface area contributed by atoms with Crippen molar-refractivity contribution >= 4 is 23.5 Å². The van der Waals surface area contributed by atoms with Gasteiger partial charge in [0.05, 0.1) is 6.04 Å². The Morgan fingerprint density at radius 2 is 2.23 bits per heavy atom. The summed E-state index contributed by atoms with van der Waals surface area (Å²) in [5.41, 5.74) is -0.471. The summed E-state index contributed by atoms with van der Waals surface area (Å²) < 4.78 is 5.50. The zero-order chi connectivity index (χ0) is 16.2. The third-order valence-corrected chi connectivity index (χ3v) is 3.70. The van der Waals surface area contributed by atoms with Gasteiger partial charge >= 0.3 is 6.09 Å². The number of piperidine rings is 1. The monoisotopic (exact) mass is 325 g/mol. The van der Waals surface area contributed by atoms with E-state index in [4.69, 9.17) is 16.3 Å². The average Bonchev–Trinajstić information content (AvgIpc) is 2.44. The molecule has 1 fully saturated rings. The lowest BCUT2D eigenvalue weighted by molar-refractivity contribution is 0.0114. The zero-order valence-corrected chi connectivity index (χ0v) is 14.2. The number of hydrogen-bond donors (Lipinski definition) is 1. The van der Waals surface area contributed by atoms with Crippen LogP contribution < -0.4 is 5.32 Å². The van der Waals surface area contributed by atoms with Gasteiger partial charge in [-0.2, -0.15) is 0 Å². The number of pyridine rings is 1. The molecular formula is C16H24ClN3O2. The molecule has 1 aromatic rings. The fourth-order valence-electron chi connectivity index (χ4n) is 2.50. The van der Waals surface area contributed by atoms with Crippen molar-refractivity contribution in [2.24, 2.45) is 0 Å². The van der Waals surface area contributed by atoms with Gasteiger partial charge in [0.15, 0.2) is 0 Å². The largest absolute Gasteiger partial charge is 0.444 e. The normalized spacial score (nSPS) is 18.9. The molecule has 122 valence electrons. The Balaban J connectivity index is 1.96. The summed E-state index contributed by atoms with van der Waals surface area (Å²) >= 11 is 5.88. The first-order valence-electron chi connectivity index (χ1n) is 7.71. The second kappa shape index (κ2) is 7.18. The molecule has 1 unspecified atom stereocenters. The van der Waals surface area contributed by atoms with E-state index in [-0.39, 0.29) is 12.1 Å². The molecule has 6 heteroatoms. The molecule has 0 spiro atoms. The van der Waals surface area contributed by atoms with E-state index in [1.807, 2.05) is 37.8 Å². The minimum atomic E-state index is -0.471. The van der Waals surface area contributed by atoms with Crippen LogP contribution in [0.3, 0.4) is 0 Å². The number of hydrogen-bond acceptors (Lipinski definition) is 4. The first-order chi connectivity index (χ1) is 10.3. The average molecular weight is 326 g/mol. The minimum absolute atomic E-state index is 0.115. The lowest BCUT2D eigenvalue weighted by Crippen LogP contribution is -2.48. The van der Waals surface area contributed by atoms with Crippen LogP contribution in [0.25, 0.3) is 0 Å². The van der Waals surface area contributed by atoms with Crippen molar-refractivity contribution in [1.29, 1.82) is 0 Å². The molecule has 1 N–H and O–H groups in total. The minimum Gasteiger partial charge on any atom is -0.444 e. The Morgan fingerprint density at radius 1 is 1.45 bits per heavy atom. The van der Waals surface area contributed by atoms with Crippen LogP contribution >= 0.6 is 11.6 Å². The van der Waals surface area contributed by atoms with Gasteiger partial charge in [0.2, 0.25) is 0 Å². The molecule has 1 atom stereocenters. The highest BCUT2D eigenvalue weighted by Gasteiger charge is 2.30. The van der Waals surface area contributed by atoms with E-state index in [0.29, 0.717) is 11.7 Å². The summed E-state index contributed by atoms with van der Waals surface area (Å²) in [6, 6.07) is 5.57. The molecule has 1 amide bonds. The van der Waals surface area contributed by atoms with Gasteiger partial charge in [0, 0.05) is 13.1 Å². The molecule has 1 aliphatic heterocycles. The maximum atomic E-state index is 12.3. The second-order valence-electron chi connectivity index (χ2n) is 6.55. The van der Waals surface area contributed by atoms with Crippen molar-refractivity contribution in [1.82, 2.24) is 9.88 Å². The summed E-state index contributed by atoms with van der Waals surface area (Å²) in [5.74, 6) is 0.724. The molecule has 0 bridgehead atoms. The lowest BCUT2D eigenvalue weighted by atomic mass is 10.0. The van der Waals surface area contributed by atoms with E-state index >= 15 is 0 Å². The second-order valence-corrected chi connectivity index (χ2v) is 6.94. The number of nitrogens with zero attached hydrogens (tertiary/aromatic N) is 2. The van der Waals surface area contributed by atoms with Gasteiger partial charge in [0.1, 0.15) is 16.6 Å². The Bertz CT molecular complexity index is 516. The number of halogens is 1. The SMILES string of the molecule is CC(C)(C)OC(=O)N1CCCCC1CNc1cccc(Cl)n1. The van der Waals surface area contributed by atoms with E-state index in [0.717, 1.165) is 31.6 Å². The van der Waals surface area contributed by atoms with Gasteiger partial charge < -0.3 is 15.0 Å². The smallest absolute Gasteiger partial charge is 0.410 e. The zero-order valence-electron chi connectivity index (χ0n) is 13.4. The molecule has 2 rings (SSSR count). The summed E-state index contributed by atoms with van der Waals surface area (Å²) in [6.07, 6.45) is 2.87. The highest BCUT2D eigenvalue weighted by Crippen LogP contribution is 2.21. The Morgan fingerprint density at radius 3 is 2.91 bits per heavy atom. The molecular weight excluding hydrogens is 302 g/mol. The number of ether oxygens (including phenoxy) is 1. The predicted molar refractivity (Wildman–Crippen MR) is 88.3 cm³/mol. The lowest BCUT2D eigenvalue weighted by Gasteiger charge is -2.36. The van der Waals surface area contributed by atoms with Crippen molar-refractivity contribution in [2.75, 3.05) is 18.4 Å². The maximum Gasteiger partial charge on any atom is 0.410 e. The van der Waals surface area contributed by atoms with Gasteiger partial charge in [0.25, 0.3) is 0 Å². The molecule has 5 nitrogen and oxygen atoms in total. The highest BCUT2D eigenvalue weighted by molar-refractivity contribution is 6.29. The third-order valence-electron chi connectivity index (χ3n) is 3.49. The Hall–Kier alpha value is -1.49. The Labute approximate surface area is 137 Å². The molecule has 1 saturated heterocycles. The van der Waals surface area contributed by atoms with E-state index in [2.05, 4.69) is 10.3 Å². The first kappa shape index (κ1) is 16.9. The number of carbonyl (C=O) groups is 1. The van der Waals surface area contributed by atoms with Crippen molar-refractivity contribution in [3.63, 3.8) is 0 Å². The van der Waals surface area contributed by atoms with E-state index in [9.17, 15) is 4.79 Å². The number of nitrogens with one attached hydrogen (secondary N) is 1. The number of amides is 1. The third kappa shape index (κ3) is 5.05. The fourth-order valence-corrected chi connectivity index (χ4v) is 2.67.